The molecule has 2 aromatic rings. The van der Waals surface area contributed by atoms with Crippen molar-refractivity contribution in [3.8, 4) is 23.0 Å². The Kier molecular flexibility index (Phi) is 12.5. The highest BCUT2D eigenvalue weighted by Gasteiger charge is 2.32. The third-order valence-electron chi connectivity index (χ3n) is 6.56. The summed E-state index contributed by atoms with van der Waals surface area (Å²) in [6.07, 6.45) is 2.20. The van der Waals surface area contributed by atoms with Gasteiger partial charge in [-0.15, -0.1) is 0 Å². The van der Waals surface area contributed by atoms with Gasteiger partial charge in [0.05, 0.1) is 11.8 Å². The molecule has 2 aromatic carbocycles. The van der Waals surface area contributed by atoms with Crippen molar-refractivity contribution in [2.75, 3.05) is 26.4 Å². The second-order valence-electron chi connectivity index (χ2n) is 9.73. The van der Waals surface area contributed by atoms with Crippen molar-refractivity contribution in [2.24, 2.45) is 11.8 Å². The van der Waals surface area contributed by atoms with Gasteiger partial charge in [0.15, 0.2) is 0 Å². The zero-order valence-corrected chi connectivity index (χ0v) is 24.4. The number of aromatic hydroxyl groups is 2. The lowest BCUT2D eigenvalue weighted by Crippen LogP contribution is -2.30. The quantitative estimate of drug-likeness (QED) is 0.108. The standard InChI is InChI=1S/C31H32O14/c1-3-27(35)41-13-15-43-31(39)24-17-22(9-11-26(24)34)45-29(37)20-6-4-19(5-7-20)28(36)44-21-8-10-25(33)23(16-21)30(38)42-14-12-40-18(2)32/h3,8-11,16-17,19-20,33-34H,1,4-7,12-15H2,2H3. The van der Waals surface area contributed by atoms with Gasteiger partial charge in [-0.2, -0.15) is 0 Å². The Morgan fingerprint density at radius 2 is 1.09 bits per heavy atom. The third-order valence-corrected chi connectivity index (χ3v) is 6.56. The average Bonchev–Trinajstić information content (AvgIpc) is 3.02. The minimum absolute atomic E-state index is 0.00240. The fourth-order valence-corrected chi connectivity index (χ4v) is 4.26. The number of ether oxygens (including phenoxy) is 6. The van der Waals surface area contributed by atoms with E-state index in [2.05, 4.69) is 11.3 Å². The van der Waals surface area contributed by atoms with Crippen molar-refractivity contribution in [1.29, 1.82) is 0 Å². The summed E-state index contributed by atoms with van der Waals surface area (Å²) in [5.41, 5.74) is -0.497. The smallest absolute Gasteiger partial charge is 0.342 e. The van der Waals surface area contributed by atoms with Gasteiger partial charge in [0.1, 0.15) is 60.6 Å². The third kappa shape index (κ3) is 10.4. The fourth-order valence-electron chi connectivity index (χ4n) is 4.26. The van der Waals surface area contributed by atoms with Crippen LogP contribution in [0.2, 0.25) is 0 Å². The molecule has 0 unspecified atom stereocenters. The maximum absolute atomic E-state index is 12.8. The number of hydrogen-bond acceptors (Lipinski definition) is 14. The predicted octanol–water partition coefficient (Wildman–Crippen LogP) is 3.02. The van der Waals surface area contributed by atoms with Crippen LogP contribution in [0.3, 0.4) is 0 Å². The van der Waals surface area contributed by atoms with Gasteiger partial charge in [-0.25, -0.2) is 14.4 Å². The Bertz CT molecular complexity index is 1440. The van der Waals surface area contributed by atoms with Crippen LogP contribution >= 0.6 is 0 Å². The topological polar surface area (TPSA) is 198 Å². The van der Waals surface area contributed by atoms with Crippen LogP contribution in [-0.4, -0.2) is 72.5 Å². The van der Waals surface area contributed by atoms with Crippen LogP contribution in [0.15, 0.2) is 49.1 Å². The summed E-state index contributed by atoms with van der Waals surface area (Å²) in [4.78, 5) is 72.0. The van der Waals surface area contributed by atoms with E-state index in [1.54, 1.807) is 0 Å². The van der Waals surface area contributed by atoms with Crippen LogP contribution in [-0.2, 0) is 38.1 Å². The largest absolute Gasteiger partial charge is 0.507 e. The molecular weight excluding hydrogens is 596 g/mol. The first-order valence-electron chi connectivity index (χ1n) is 13.8. The summed E-state index contributed by atoms with van der Waals surface area (Å²) in [5.74, 6) is -6.09. The van der Waals surface area contributed by atoms with Gasteiger partial charge in [-0.3, -0.25) is 14.4 Å². The molecule has 0 atom stereocenters. The van der Waals surface area contributed by atoms with Crippen molar-refractivity contribution in [2.45, 2.75) is 32.6 Å². The molecule has 45 heavy (non-hydrogen) atoms. The summed E-state index contributed by atoms with van der Waals surface area (Å²) >= 11 is 0. The first-order valence-corrected chi connectivity index (χ1v) is 13.8. The van der Waals surface area contributed by atoms with Crippen LogP contribution < -0.4 is 9.47 Å². The summed E-state index contributed by atoms with van der Waals surface area (Å²) in [6.45, 7) is 3.57. The van der Waals surface area contributed by atoms with Gasteiger partial charge in [-0.1, -0.05) is 6.58 Å². The van der Waals surface area contributed by atoms with Crippen molar-refractivity contribution in [1.82, 2.24) is 0 Å². The molecule has 2 N–H and O–H groups in total. The van der Waals surface area contributed by atoms with Gasteiger partial charge < -0.3 is 38.6 Å². The average molecular weight is 629 g/mol. The molecule has 1 saturated carbocycles. The lowest BCUT2D eigenvalue weighted by molar-refractivity contribution is -0.145. The molecule has 0 saturated heterocycles. The SMILES string of the molecule is C=CC(=O)OCCOC(=O)c1cc(OC(=O)C2CCC(C(=O)Oc3ccc(O)c(C(=O)OCCOC(C)=O)c3)CC2)ccc1O. The molecule has 0 bridgehead atoms. The summed E-state index contributed by atoms with van der Waals surface area (Å²) in [5, 5.41) is 20.1. The van der Waals surface area contributed by atoms with Crippen molar-refractivity contribution in [3.05, 3.63) is 60.2 Å². The monoisotopic (exact) mass is 628 g/mol. The second-order valence-corrected chi connectivity index (χ2v) is 9.73. The molecule has 3 rings (SSSR count). The van der Waals surface area contributed by atoms with E-state index in [1.807, 2.05) is 0 Å². The highest BCUT2D eigenvalue weighted by atomic mass is 16.6. The van der Waals surface area contributed by atoms with Crippen molar-refractivity contribution >= 4 is 35.8 Å². The zero-order valence-electron chi connectivity index (χ0n) is 24.4. The molecule has 0 amide bonds. The molecule has 14 heteroatoms. The summed E-state index contributed by atoms with van der Waals surface area (Å²) in [7, 11) is 0. The number of rotatable bonds is 13. The minimum Gasteiger partial charge on any atom is -0.507 e. The summed E-state index contributed by atoms with van der Waals surface area (Å²) in [6, 6.07) is 7.26. The molecule has 0 aromatic heterocycles. The van der Waals surface area contributed by atoms with Crippen molar-refractivity contribution < 1.29 is 67.4 Å². The van der Waals surface area contributed by atoms with Crippen molar-refractivity contribution in [3.63, 3.8) is 0 Å². The molecule has 1 aliphatic rings. The first-order chi connectivity index (χ1) is 21.5. The molecular formula is C31H32O14. The van der Waals surface area contributed by atoms with Crippen LogP contribution in [0, 0.1) is 11.8 Å². The molecule has 14 nitrogen and oxygen atoms in total. The highest BCUT2D eigenvalue weighted by molar-refractivity contribution is 5.94. The van der Waals surface area contributed by atoms with Gasteiger partial charge in [0, 0.05) is 13.0 Å². The predicted molar refractivity (Wildman–Crippen MR) is 151 cm³/mol. The molecule has 0 heterocycles. The summed E-state index contributed by atoms with van der Waals surface area (Å²) < 4.78 is 30.1. The maximum atomic E-state index is 12.8. The van der Waals surface area contributed by atoms with E-state index in [9.17, 15) is 39.0 Å². The maximum Gasteiger partial charge on any atom is 0.342 e. The van der Waals surface area contributed by atoms with Crippen LogP contribution in [0.5, 0.6) is 23.0 Å². The second kappa shape index (κ2) is 16.4. The van der Waals surface area contributed by atoms with Gasteiger partial charge in [0.25, 0.3) is 0 Å². The number of carbonyl (C=O) groups excluding carboxylic acids is 6. The molecule has 0 radical (unpaired) electrons. The first kappa shape index (κ1) is 34.1. The van der Waals surface area contributed by atoms with E-state index in [1.165, 1.54) is 31.2 Å². The van der Waals surface area contributed by atoms with E-state index in [0.717, 1.165) is 18.2 Å². The number of phenols is 2. The van der Waals surface area contributed by atoms with Crippen LogP contribution in [0.25, 0.3) is 0 Å². The highest BCUT2D eigenvalue weighted by Crippen LogP contribution is 2.33. The molecule has 1 fully saturated rings. The molecule has 0 spiro atoms. The Morgan fingerprint density at radius 1 is 0.689 bits per heavy atom. The molecule has 0 aliphatic heterocycles. The minimum atomic E-state index is -0.920. The zero-order chi connectivity index (χ0) is 32.9. The van der Waals surface area contributed by atoms with Gasteiger partial charge in [-0.05, 0) is 62.1 Å². The van der Waals surface area contributed by atoms with E-state index in [4.69, 9.17) is 23.7 Å². The van der Waals surface area contributed by atoms with Crippen LogP contribution in [0.1, 0.15) is 53.3 Å². The number of carbonyl (C=O) groups is 6. The van der Waals surface area contributed by atoms with E-state index < -0.39 is 59.2 Å². The number of phenolic OH excluding ortho intramolecular Hbond substituents is 2. The van der Waals surface area contributed by atoms with E-state index in [-0.39, 0.29) is 49.1 Å². The molecule has 1 aliphatic carbocycles. The van der Waals surface area contributed by atoms with Gasteiger partial charge in [0.2, 0.25) is 0 Å². The lowest BCUT2D eigenvalue weighted by atomic mass is 9.82. The van der Waals surface area contributed by atoms with Crippen LogP contribution in [0.4, 0.5) is 0 Å². The van der Waals surface area contributed by atoms with Gasteiger partial charge >= 0.3 is 35.8 Å². The Hall–Kier alpha value is -5.40. The fraction of sp³-hybridized carbons (Fsp3) is 0.355. The lowest BCUT2D eigenvalue weighted by Gasteiger charge is -2.26. The van der Waals surface area contributed by atoms with E-state index >= 15 is 0 Å². The number of hydrogen-bond donors (Lipinski definition) is 2. The normalized spacial score (nSPS) is 15.6. The number of esters is 6. The Morgan fingerprint density at radius 3 is 1.49 bits per heavy atom. The molecule has 240 valence electrons. The Labute approximate surface area is 257 Å². The van der Waals surface area contributed by atoms with E-state index in [0.29, 0.717) is 25.7 Å². The Balaban J connectivity index is 1.49. The number of benzene rings is 2.